The molecule has 1 aliphatic rings. The van der Waals surface area contributed by atoms with Gasteiger partial charge in [0.1, 0.15) is 6.10 Å². The molecule has 1 saturated heterocycles. The molecule has 1 atom stereocenters. The van der Waals surface area contributed by atoms with Gasteiger partial charge in [-0.25, -0.2) is 9.97 Å². The number of nitrogens with zero attached hydrogens (tertiary/aromatic N) is 3. The summed E-state index contributed by atoms with van der Waals surface area (Å²) in [6.45, 7) is 5.32. The average molecular weight is 356 g/mol. The van der Waals surface area contributed by atoms with Gasteiger partial charge in [-0.1, -0.05) is 15.9 Å². The van der Waals surface area contributed by atoms with Gasteiger partial charge in [0.15, 0.2) is 0 Å². The predicted octanol–water partition coefficient (Wildman–Crippen LogP) is 2.64. The summed E-state index contributed by atoms with van der Waals surface area (Å²) in [5.74, 6) is 0.212. The van der Waals surface area contributed by atoms with Crippen molar-refractivity contribution in [3.63, 3.8) is 0 Å². The number of amides is 1. The number of rotatable bonds is 5. The van der Waals surface area contributed by atoms with Gasteiger partial charge < -0.3 is 9.64 Å². The number of hydrogen-bond donors (Lipinski definition) is 0. The van der Waals surface area contributed by atoms with Crippen LogP contribution in [0.2, 0.25) is 0 Å². The number of hydrogen-bond acceptors (Lipinski definition) is 4. The van der Waals surface area contributed by atoms with E-state index in [0.29, 0.717) is 19.0 Å². The Labute approximate surface area is 134 Å². The molecule has 5 nitrogen and oxygen atoms in total. The molecule has 21 heavy (non-hydrogen) atoms. The first-order valence-electron chi connectivity index (χ1n) is 7.41. The summed E-state index contributed by atoms with van der Waals surface area (Å²) in [5, 5.41) is 0.864. The predicted molar refractivity (Wildman–Crippen MR) is 84.8 cm³/mol. The summed E-state index contributed by atoms with van der Waals surface area (Å²) in [6.07, 6.45) is 3.38. The molecule has 116 valence electrons. The summed E-state index contributed by atoms with van der Waals surface area (Å²) >= 11 is 3.36. The maximum Gasteiger partial charge on any atom is 0.317 e. The smallest absolute Gasteiger partial charge is 0.317 e. The monoisotopic (exact) mass is 355 g/mol. The Bertz CT molecular complexity index is 476. The summed E-state index contributed by atoms with van der Waals surface area (Å²) in [4.78, 5) is 22.6. The normalized spacial score (nSPS) is 18.6. The maximum absolute atomic E-state index is 12.1. The minimum atomic E-state index is -0.00660. The highest BCUT2D eigenvalue weighted by atomic mass is 79.9. The SMILES string of the molecule is Cc1cc(C)nc(OC2CCCN(C(=O)CCCBr)C2)n1. The van der Waals surface area contributed by atoms with Crippen LogP contribution in [0.5, 0.6) is 6.01 Å². The number of likely N-dealkylation sites (tertiary alicyclic amines) is 1. The highest BCUT2D eigenvalue weighted by Gasteiger charge is 2.25. The molecule has 0 aromatic carbocycles. The number of aromatic nitrogens is 2. The number of carbonyl (C=O) groups excluding carboxylic acids is 1. The minimum Gasteiger partial charge on any atom is -0.458 e. The van der Waals surface area contributed by atoms with Crippen LogP contribution in [0, 0.1) is 13.8 Å². The Kier molecular flexibility index (Phi) is 5.96. The molecule has 1 aromatic rings. The first kappa shape index (κ1) is 16.2. The van der Waals surface area contributed by atoms with Crippen LogP contribution in [-0.2, 0) is 4.79 Å². The van der Waals surface area contributed by atoms with E-state index < -0.39 is 0 Å². The van der Waals surface area contributed by atoms with Crippen molar-refractivity contribution in [1.29, 1.82) is 0 Å². The highest BCUT2D eigenvalue weighted by Crippen LogP contribution is 2.17. The molecule has 2 rings (SSSR count). The molecule has 1 unspecified atom stereocenters. The van der Waals surface area contributed by atoms with E-state index >= 15 is 0 Å². The molecule has 1 aromatic heterocycles. The second-order valence-electron chi connectivity index (χ2n) is 5.45. The van der Waals surface area contributed by atoms with E-state index in [1.807, 2.05) is 24.8 Å². The zero-order chi connectivity index (χ0) is 15.2. The molecule has 0 bridgehead atoms. The largest absolute Gasteiger partial charge is 0.458 e. The number of alkyl halides is 1. The van der Waals surface area contributed by atoms with Gasteiger partial charge in [-0.2, -0.15) is 0 Å². The molecule has 6 heteroatoms. The quantitative estimate of drug-likeness (QED) is 0.761. The van der Waals surface area contributed by atoms with Gasteiger partial charge in [-0.05, 0) is 39.2 Å². The Morgan fingerprint density at radius 2 is 2.14 bits per heavy atom. The lowest BCUT2D eigenvalue weighted by molar-refractivity contribution is -0.133. The highest BCUT2D eigenvalue weighted by molar-refractivity contribution is 9.09. The lowest BCUT2D eigenvalue weighted by Gasteiger charge is -2.32. The van der Waals surface area contributed by atoms with Gasteiger partial charge in [-0.15, -0.1) is 0 Å². The molecule has 0 N–H and O–H groups in total. The van der Waals surface area contributed by atoms with Crippen LogP contribution in [0.1, 0.15) is 37.1 Å². The van der Waals surface area contributed by atoms with Crippen LogP contribution in [0.25, 0.3) is 0 Å². The molecular formula is C15H22BrN3O2. The number of carbonyl (C=O) groups is 1. The Hall–Kier alpha value is -1.17. The zero-order valence-corrected chi connectivity index (χ0v) is 14.2. The van der Waals surface area contributed by atoms with Crippen molar-refractivity contribution in [2.24, 2.45) is 0 Å². The van der Waals surface area contributed by atoms with E-state index in [2.05, 4.69) is 25.9 Å². The van der Waals surface area contributed by atoms with Gasteiger partial charge in [0, 0.05) is 29.7 Å². The molecule has 0 aliphatic carbocycles. The number of piperidine rings is 1. The average Bonchev–Trinajstić information content (AvgIpc) is 2.44. The molecule has 0 spiro atoms. The van der Waals surface area contributed by atoms with Crippen LogP contribution < -0.4 is 4.74 Å². The standard InChI is InChI=1S/C15H22BrN3O2/c1-11-9-12(2)18-15(17-11)21-13-5-4-8-19(10-13)14(20)6-3-7-16/h9,13H,3-8,10H2,1-2H3. The van der Waals surface area contributed by atoms with Crippen molar-refractivity contribution in [3.05, 3.63) is 17.5 Å². The molecule has 1 aliphatic heterocycles. The van der Waals surface area contributed by atoms with Crippen molar-refractivity contribution < 1.29 is 9.53 Å². The molecule has 0 saturated carbocycles. The Morgan fingerprint density at radius 3 is 2.81 bits per heavy atom. The van der Waals surface area contributed by atoms with Crippen molar-refractivity contribution >= 4 is 21.8 Å². The van der Waals surface area contributed by atoms with Crippen LogP contribution in [-0.4, -0.2) is 45.3 Å². The third-order valence-corrected chi connectivity index (χ3v) is 4.05. The molecule has 1 fully saturated rings. The van der Waals surface area contributed by atoms with Crippen molar-refractivity contribution in [3.8, 4) is 6.01 Å². The minimum absolute atomic E-state index is 0.00660. The van der Waals surface area contributed by atoms with E-state index in [4.69, 9.17) is 4.74 Å². The summed E-state index contributed by atoms with van der Waals surface area (Å²) in [5.41, 5.74) is 1.80. The molecule has 0 radical (unpaired) electrons. The fourth-order valence-electron chi connectivity index (χ4n) is 2.53. The van der Waals surface area contributed by atoms with Crippen LogP contribution >= 0.6 is 15.9 Å². The number of halogens is 1. The van der Waals surface area contributed by atoms with Crippen LogP contribution in [0.3, 0.4) is 0 Å². The first-order valence-corrected chi connectivity index (χ1v) is 8.53. The van der Waals surface area contributed by atoms with Gasteiger partial charge in [0.2, 0.25) is 5.91 Å². The molecular weight excluding hydrogens is 334 g/mol. The van der Waals surface area contributed by atoms with E-state index in [1.165, 1.54) is 0 Å². The maximum atomic E-state index is 12.1. The van der Waals surface area contributed by atoms with Gasteiger partial charge >= 0.3 is 6.01 Å². The Morgan fingerprint density at radius 1 is 1.43 bits per heavy atom. The van der Waals surface area contributed by atoms with Gasteiger partial charge in [0.05, 0.1) is 6.54 Å². The third-order valence-electron chi connectivity index (χ3n) is 3.49. The summed E-state index contributed by atoms with van der Waals surface area (Å²) in [6, 6.07) is 2.34. The van der Waals surface area contributed by atoms with Crippen molar-refractivity contribution in [1.82, 2.24) is 14.9 Å². The van der Waals surface area contributed by atoms with Gasteiger partial charge in [-0.3, -0.25) is 4.79 Å². The van der Waals surface area contributed by atoms with E-state index in [9.17, 15) is 4.79 Å². The molecule has 1 amide bonds. The van der Waals surface area contributed by atoms with E-state index in [0.717, 1.165) is 42.5 Å². The summed E-state index contributed by atoms with van der Waals surface area (Å²) in [7, 11) is 0. The number of aryl methyl sites for hydroxylation is 2. The lowest BCUT2D eigenvalue weighted by Crippen LogP contribution is -2.44. The zero-order valence-electron chi connectivity index (χ0n) is 12.6. The van der Waals surface area contributed by atoms with E-state index in [-0.39, 0.29) is 12.0 Å². The summed E-state index contributed by atoms with van der Waals surface area (Å²) < 4.78 is 5.88. The topological polar surface area (TPSA) is 55.3 Å². The number of ether oxygens (including phenoxy) is 1. The van der Waals surface area contributed by atoms with Crippen LogP contribution in [0.15, 0.2) is 6.07 Å². The van der Waals surface area contributed by atoms with Crippen molar-refractivity contribution in [2.45, 2.75) is 45.6 Å². The van der Waals surface area contributed by atoms with Crippen molar-refractivity contribution in [2.75, 3.05) is 18.4 Å². The second-order valence-corrected chi connectivity index (χ2v) is 6.24. The van der Waals surface area contributed by atoms with Gasteiger partial charge in [0.25, 0.3) is 0 Å². The van der Waals surface area contributed by atoms with E-state index in [1.54, 1.807) is 0 Å². The second kappa shape index (κ2) is 7.73. The fourth-order valence-corrected chi connectivity index (χ4v) is 2.81. The first-order chi connectivity index (χ1) is 10.1. The third kappa shape index (κ3) is 4.95. The molecule has 2 heterocycles. The lowest BCUT2D eigenvalue weighted by atomic mass is 10.1. The van der Waals surface area contributed by atoms with Crippen LogP contribution in [0.4, 0.5) is 0 Å². The fraction of sp³-hybridized carbons (Fsp3) is 0.667. The Balaban J connectivity index is 1.93.